The molecule has 2 N–H and O–H groups in total. The van der Waals surface area contributed by atoms with Crippen LogP contribution in [0.3, 0.4) is 0 Å². The van der Waals surface area contributed by atoms with Crippen LogP contribution >= 0.6 is 0 Å². The van der Waals surface area contributed by atoms with Crippen molar-refractivity contribution in [3.8, 4) is 0 Å². The van der Waals surface area contributed by atoms with Crippen molar-refractivity contribution in [3.63, 3.8) is 0 Å². The average Bonchev–Trinajstić information content (AvgIpc) is 1.25. The second-order valence-electron chi connectivity index (χ2n) is 0.476. The van der Waals surface area contributed by atoms with Gasteiger partial charge in [-0.1, -0.05) is 0 Å². The molecule has 0 spiro atoms. The Balaban J connectivity index is -0.0000000720. The Morgan fingerprint density at radius 2 is 1.00 bits per heavy atom. The maximum atomic E-state index is 8.36. The Kier molecular flexibility index (Phi) is 17.0. The Hall–Kier alpha value is -1.43. The number of hydrogen-bond acceptors (Lipinski definition) is 4. The van der Waals surface area contributed by atoms with E-state index < -0.39 is 10.2 Å². The van der Waals surface area contributed by atoms with Crippen molar-refractivity contribution in [2.24, 2.45) is 0 Å². The molecule has 0 radical (unpaired) electrons. The predicted molar refractivity (Wildman–Crippen MR) is 26.1 cm³/mol. The summed E-state index contributed by atoms with van der Waals surface area (Å²) in [5, 5.41) is 27.3. The van der Waals surface area contributed by atoms with E-state index in [0.29, 0.717) is 0 Å². The fraction of sp³-hybridized carbons (Fsp3) is 0. The topological polar surface area (TPSA) is 127 Å². The molecule has 0 fully saturated rings. The summed E-state index contributed by atoms with van der Waals surface area (Å²) in [4.78, 5) is 16.7. The van der Waals surface area contributed by atoms with Crippen molar-refractivity contribution < 1.29 is 20.6 Å². The molecule has 0 aliphatic carbocycles. The molecule has 0 saturated heterocycles. The summed E-state index contributed by atoms with van der Waals surface area (Å²) in [6.45, 7) is 0. The van der Waals surface area contributed by atoms with Crippen molar-refractivity contribution in [1.29, 1.82) is 0 Å². The summed E-state index contributed by atoms with van der Waals surface area (Å²) in [7, 11) is 0. The van der Waals surface area contributed by atoms with Gasteiger partial charge in [0.25, 0.3) is 10.2 Å². The van der Waals surface area contributed by atoms with Gasteiger partial charge in [-0.25, -0.2) is 0 Å². The summed E-state index contributed by atoms with van der Waals surface area (Å²) in [5.74, 6) is 0. The zero-order valence-electron chi connectivity index (χ0n) is 3.42. The molecule has 8 nitrogen and oxygen atoms in total. The van der Waals surface area contributed by atoms with Gasteiger partial charge in [0.2, 0.25) is 0 Å². The van der Waals surface area contributed by atoms with E-state index in [2.05, 4.69) is 0 Å². The van der Waals surface area contributed by atoms with Crippen molar-refractivity contribution in [2.45, 2.75) is 0 Å². The first-order valence-corrected chi connectivity index (χ1v) is 1.13. The maximum absolute atomic E-state index is 8.36. The van der Waals surface area contributed by atoms with Crippen LogP contribution < -0.4 is 0 Å². The predicted octanol–water partition coefficient (Wildman–Crippen LogP) is -1.61. The molecule has 0 aromatic heterocycles. The fourth-order valence-electron chi connectivity index (χ4n) is 0. The third-order valence-electron chi connectivity index (χ3n) is 0. The van der Waals surface area contributed by atoms with Crippen LogP contribution in [0.1, 0.15) is 0 Å². The zero-order valence-corrected chi connectivity index (χ0v) is 3.42. The van der Waals surface area contributed by atoms with Gasteiger partial charge in [0.15, 0.2) is 0 Å². The van der Waals surface area contributed by atoms with Gasteiger partial charge in [-0.3, -0.25) is 0 Å². The van der Waals surface area contributed by atoms with Crippen LogP contribution in [-0.2, 0) is 0 Å². The van der Waals surface area contributed by atoms with Crippen molar-refractivity contribution in [1.82, 2.24) is 0 Å². The summed E-state index contributed by atoms with van der Waals surface area (Å²) < 4.78 is 0. The second-order valence-corrected chi connectivity index (χ2v) is 0.476. The van der Waals surface area contributed by atoms with Crippen molar-refractivity contribution in [3.05, 3.63) is 20.2 Å². The van der Waals surface area contributed by atoms with Crippen LogP contribution in [0.25, 0.3) is 0 Å². The number of hydrogen-bond donors (Lipinski definition) is 2. The van der Waals surface area contributed by atoms with E-state index >= 15 is 0 Å². The molecule has 0 rings (SSSR count). The molecule has 9 heavy (non-hydrogen) atoms. The van der Waals surface area contributed by atoms with Gasteiger partial charge >= 0.3 is 10.1 Å². The van der Waals surface area contributed by atoms with E-state index in [0.717, 1.165) is 0 Å². The molecule has 9 heteroatoms. The number of nitrogens with zero attached hydrogens (tertiary/aromatic N) is 2. The molecular formula is H4BeN2O6. The van der Waals surface area contributed by atoms with E-state index in [9.17, 15) is 0 Å². The molecule has 0 aliphatic heterocycles. The minimum absolute atomic E-state index is 0. The summed E-state index contributed by atoms with van der Waals surface area (Å²) in [5.41, 5.74) is 0. The zero-order chi connectivity index (χ0) is 7.15. The van der Waals surface area contributed by atoms with E-state index in [1.54, 1.807) is 0 Å². The van der Waals surface area contributed by atoms with Gasteiger partial charge in [-0.15, -0.1) is 20.2 Å². The Morgan fingerprint density at radius 3 is 1.00 bits per heavy atom. The second kappa shape index (κ2) is 9.76. The molecule has 0 saturated carbocycles. The third kappa shape index (κ3) is 66.9. The van der Waals surface area contributed by atoms with Crippen LogP contribution in [0.15, 0.2) is 0 Å². The molecule has 0 aliphatic rings. The van der Waals surface area contributed by atoms with Crippen LogP contribution in [0, 0.1) is 20.2 Å². The van der Waals surface area contributed by atoms with E-state index in [1.807, 2.05) is 0 Å². The standard InChI is InChI=1S/Be.2HNO3.2H/c;2*2-1(3)4;;/h;2*(H,2,3,4);;. The van der Waals surface area contributed by atoms with Gasteiger partial charge in [0.1, 0.15) is 0 Å². The Bertz CT molecular complexity index is 69.1. The third-order valence-corrected chi connectivity index (χ3v) is 0. The molecule has 0 atom stereocenters. The first-order chi connectivity index (χ1) is 3.46. The first-order valence-electron chi connectivity index (χ1n) is 1.13. The molecule has 0 amide bonds. The summed E-state index contributed by atoms with van der Waals surface area (Å²) in [6.07, 6.45) is 0. The van der Waals surface area contributed by atoms with E-state index in [4.69, 9.17) is 30.6 Å². The van der Waals surface area contributed by atoms with E-state index in [1.165, 1.54) is 0 Å². The minimum atomic E-state index is -1.50. The van der Waals surface area contributed by atoms with Crippen molar-refractivity contribution in [2.75, 3.05) is 0 Å². The van der Waals surface area contributed by atoms with Gasteiger partial charge < -0.3 is 10.4 Å². The average molecular weight is 137 g/mol. The molecule has 0 aromatic rings. The van der Waals surface area contributed by atoms with E-state index in [-0.39, 0.29) is 10.1 Å². The van der Waals surface area contributed by atoms with Crippen LogP contribution in [0.2, 0.25) is 0 Å². The number of rotatable bonds is 0. The van der Waals surface area contributed by atoms with Gasteiger partial charge in [0, 0.05) is 0 Å². The van der Waals surface area contributed by atoms with Gasteiger partial charge in [-0.05, 0) is 0 Å². The summed E-state index contributed by atoms with van der Waals surface area (Å²) >= 11 is 0. The SMILES string of the molecule is O=[N+]([O-])O.O=[N+]([O-])O.[BeH2]. The molecule has 0 bridgehead atoms. The molecule has 0 aromatic carbocycles. The molecule has 0 heterocycles. The fourth-order valence-corrected chi connectivity index (χ4v) is 0. The summed E-state index contributed by atoms with van der Waals surface area (Å²) in [6, 6.07) is 0. The monoisotopic (exact) mass is 137 g/mol. The molecule has 52 valence electrons. The molecule has 0 unspecified atom stereocenters. The molecular weight excluding hydrogens is 133 g/mol. The van der Waals surface area contributed by atoms with Crippen LogP contribution in [0.5, 0.6) is 0 Å². The van der Waals surface area contributed by atoms with Crippen LogP contribution in [0.4, 0.5) is 0 Å². The van der Waals surface area contributed by atoms with Gasteiger partial charge in [-0.2, -0.15) is 0 Å². The normalized spacial score (nSPS) is 5.33. The quantitative estimate of drug-likeness (QED) is 0.235. The van der Waals surface area contributed by atoms with Crippen molar-refractivity contribution >= 4 is 10.1 Å². The Morgan fingerprint density at radius 1 is 1.00 bits per heavy atom. The van der Waals surface area contributed by atoms with Crippen LogP contribution in [-0.4, -0.2) is 30.7 Å². The Labute approximate surface area is 52.1 Å². The first kappa shape index (κ1) is 15.6. The van der Waals surface area contributed by atoms with Gasteiger partial charge in [0.05, 0.1) is 0 Å².